The third-order valence-corrected chi connectivity index (χ3v) is 4.73. The number of benzene rings is 2. The highest BCUT2D eigenvalue weighted by molar-refractivity contribution is 5.66. The topological polar surface area (TPSA) is 114 Å². The molecular formula is C23H29N3O5. The van der Waals surface area contributed by atoms with Gasteiger partial charge >= 0.3 is 5.97 Å². The van der Waals surface area contributed by atoms with Crippen molar-refractivity contribution >= 4 is 23.0 Å². The van der Waals surface area contributed by atoms with Gasteiger partial charge in [0.25, 0.3) is 5.69 Å². The van der Waals surface area contributed by atoms with Gasteiger partial charge in [0.2, 0.25) is 0 Å². The smallest absolute Gasteiger partial charge is 0.303 e. The van der Waals surface area contributed by atoms with E-state index < -0.39 is 10.9 Å². The molecule has 0 heterocycles. The number of nitro groups is 1. The molecule has 0 bridgehead atoms. The van der Waals surface area contributed by atoms with Crippen LogP contribution in [-0.4, -0.2) is 22.6 Å². The number of azo groups is 1. The van der Waals surface area contributed by atoms with Crippen LogP contribution in [0.2, 0.25) is 0 Å². The summed E-state index contributed by atoms with van der Waals surface area (Å²) < 4.78 is 5.75. The number of hydrogen-bond donors (Lipinski definition) is 1. The quantitative estimate of drug-likeness (QED) is 0.142. The lowest BCUT2D eigenvalue weighted by molar-refractivity contribution is -0.384. The molecule has 8 nitrogen and oxygen atoms in total. The summed E-state index contributed by atoms with van der Waals surface area (Å²) in [7, 11) is 0. The van der Waals surface area contributed by atoms with Crippen molar-refractivity contribution < 1.29 is 19.6 Å². The van der Waals surface area contributed by atoms with Crippen molar-refractivity contribution in [1.29, 1.82) is 0 Å². The summed E-state index contributed by atoms with van der Waals surface area (Å²) >= 11 is 0. The van der Waals surface area contributed by atoms with Crippen LogP contribution in [0.1, 0.15) is 57.8 Å². The van der Waals surface area contributed by atoms with Gasteiger partial charge in [-0.1, -0.05) is 38.5 Å². The molecule has 166 valence electrons. The number of aliphatic carboxylic acids is 1. The minimum absolute atomic E-state index is 0.0217. The number of nitro benzene ring substituents is 1. The Kier molecular flexibility index (Phi) is 10.7. The molecule has 8 heteroatoms. The molecule has 0 aliphatic carbocycles. The maximum absolute atomic E-state index is 10.7. The summed E-state index contributed by atoms with van der Waals surface area (Å²) in [6.45, 7) is 0.669. The largest absolute Gasteiger partial charge is 0.494 e. The SMILES string of the molecule is O=C(O)CCCCCCCCCCOc1ccc(N=Nc2ccc([N+](=O)[O-])cc2)cc1. The Morgan fingerprint density at radius 3 is 1.81 bits per heavy atom. The van der Waals surface area contributed by atoms with Crippen molar-refractivity contribution in [2.75, 3.05) is 6.61 Å². The molecule has 0 fully saturated rings. The molecule has 1 N–H and O–H groups in total. The molecule has 0 saturated heterocycles. The summed E-state index contributed by atoms with van der Waals surface area (Å²) in [4.78, 5) is 20.6. The minimum atomic E-state index is -0.707. The van der Waals surface area contributed by atoms with Gasteiger partial charge in [0.15, 0.2) is 0 Å². The fraction of sp³-hybridized carbons (Fsp3) is 0.435. The summed E-state index contributed by atoms with van der Waals surface area (Å²) in [5, 5.41) is 27.4. The van der Waals surface area contributed by atoms with Crippen LogP contribution >= 0.6 is 0 Å². The number of carboxylic acid groups (broad SMARTS) is 1. The molecule has 2 rings (SSSR count). The Labute approximate surface area is 182 Å². The van der Waals surface area contributed by atoms with E-state index in [9.17, 15) is 14.9 Å². The number of ether oxygens (including phenoxy) is 1. The van der Waals surface area contributed by atoms with E-state index in [-0.39, 0.29) is 12.1 Å². The number of nitrogens with zero attached hydrogens (tertiary/aromatic N) is 3. The molecule has 0 spiro atoms. The van der Waals surface area contributed by atoms with E-state index in [0.717, 1.165) is 44.3 Å². The van der Waals surface area contributed by atoms with E-state index in [1.807, 2.05) is 24.3 Å². The third-order valence-electron chi connectivity index (χ3n) is 4.73. The average Bonchev–Trinajstić information content (AvgIpc) is 2.77. The molecule has 2 aromatic rings. The van der Waals surface area contributed by atoms with Gasteiger partial charge in [-0.05, 0) is 49.2 Å². The highest BCUT2D eigenvalue weighted by atomic mass is 16.6. The summed E-state index contributed by atoms with van der Waals surface area (Å²) in [5.74, 6) is 0.0778. The van der Waals surface area contributed by atoms with Gasteiger partial charge in [-0.3, -0.25) is 14.9 Å². The van der Waals surface area contributed by atoms with Crippen LogP contribution in [-0.2, 0) is 4.79 Å². The van der Waals surface area contributed by atoms with Crippen LogP contribution < -0.4 is 4.74 Å². The minimum Gasteiger partial charge on any atom is -0.494 e. The first kappa shape index (κ1) is 24.0. The predicted molar refractivity (Wildman–Crippen MR) is 118 cm³/mol. The number of rotatable bonds is 15. The Morgan fingerprint density at radius 1 is 0.806 bits per heavy atom. The maximum atomic E-state index is 10.7. The van der Waals surface area contributed by atoms with Crippen LogP contribution in [0.4, 0.5) is 17.1 Å². The van der Waals surface area contributed by atoms with Gasteiger partial charge in [0.1, 0.15) is 5.75 Å². The lowest BCUT2D eigenvalue weighted by atomic mass is 10.1. The second-order valence-electron chi connectivity index (χ2n) is 7.29. The standard InChI is InChI=1S/C23H29N3O5/c27-23(28)9-7-5-3-1-2-4-6-8-18-31-22-16-12-20(13-17-22)25-24-19-10-14-21(15-11-19)26(29)30/h10-17H,1-9,18H2,(H,27,28). The second-order valence-corrected chi connectivity index (χ2v) is 7.29. The van der Waals surface area contributed by atoms with Crippen LogP contribution in [0.5, 0.6) is 5.75 Å². The molecule has 2 aromatic carbocycles. The summed E-state index contributed by atoms with van der Waals surface area (Å²) in [6.07, 6.45) is 8.80. The first-order valence-electron chi connectivity index (χ1n) is 10.7. The van der Waals surface area contributed by atoms with E-state index in [2.05, 4.69) is 10.2 Å². The van der Waals surface area contributed by atoms with Crippen molar-refractivity contribution in [2.45, 2.75) is 57.8 Å². The van der Waals surface area contributed by atoms with E-state index in [4.69, 9.17) is 9.84 Å². The summed E-state index contributed by atoms with van der Waals surface area (Å²) in [6, 6.07) is 13.2. The van der Waals surface area contributed by atoms with Crippen molar-refractivity contribution in [1.82, 2.24) is 0 Å². The molecule has 0 atom stereocenters. The zero-order valence-corrected chi connectivity index (χ0v) is 17.6. The van der Waals surface area contributed by atoms with E-state index in [0.29, 0.717) is 18.0 Å². The van der Waals surface area contributed by atoms with Crippen molar-refractivity contribution in [3.63, 3.8) is 0 Å². The molecule has 31 heavy (non-hydrogen) atoms. The normalized spacial score (nSPS) is 11.0. The average molecular weight is 428 g/mol. The molecule has 0 saturated carbocycles. The van der Waals surface area contributed by atoms with Crippen molar-refractivity contribution in [3.8, 4) is 5.75 Å². The second kappa shape index (κ2) is 13.8. The number of non-ortho nitro benzene ring substituents is 1. The van der Waals surface area contributed by atoms with E-state index in [1.165, 1.54) is 25.0 Å². The fourth-order valence-electron chi connectivity index (χ4n) is 2.99. The van der Waals surface area contributed by atoms with E-state index >= 15 is 0 Å². The molecule has 0 aliphatic heterocycles. The predicted octanol–water partition coefficient (Wildman–Crippen LogP) is 6.98. The van der Waals surface area contributed by atoms with Crippen LogP contribution in [0, 0.1) is 10.1 Å². The maximum Gasteiger partial charge on any atom is 0.303 e. The first-order valence-corrected chi connectivity index (χ1v) is 10.7. The van der Waals surface area contributed by atoms with Crippen molar-refractivity contribution in [3.05, 3.63) is 58.6 Å². The fourth-order valence-corrected chi connectivity index (χ4v) is 2.99. The lowest BCUT2D eigenvalue weighted by Gasteiger charge is -2.06. The highest BCUT2D eigenvalue weighted by Crippen LogP contribution is 2.23. The van der Waals surface area contributed by atoms with Gasteiger partial charge < -0.3 is 9.84 Å². The zero-order valence-electron chi connectivity index (χ0n) is 17.6. The van der Waals surface area contributed by atoms with Gasteiger partial charge in [-0.25, -0.2) is 0 Å². The Balaban J connectivity index is 1.57. The molecular weight excluding hydrogens is 398 g/mol. The number of carbonyl (C=O) groups is 1. The number of carboxylic acids is 1. The Hall–Kier alpha value is -3.29. The third kappa shape index (κ3) is 10.3. The van der Waals surface area contributed by atoms with Crippen LogP contribution in [0.25, 0.3) is 0 Å². The first-order chi connectivity index (χ1) is 15.0. The molecule has 0 unspecified atom stereocenters. The Bertz CT molecular complexity index is 835. The molecule has 0 aliphatic rings. The number of hydrogen-bond acceptors (Lipinski definition) is 6. The van der Waals surface area contributed by atoms with Gasteiger partial charge in [-0.15, -0.1) is 0 Å². The van der Waals surface area contributed by atoms with Crippen molar-refractivity contribution in [2.24, 2.45) is 10.2 Å². The van der Waals surface area contributed by atoms with Crippen LogP contribution in [0.3, 0.4) is 0 Å². The lowest BCUT2D eigenvalue weighted by Crippen LogP contribution is -1.97. The van der Waals surface area contributed by atoms with Gasteiger partial charge in [0, 0.05) is 18.6 Å². The molecule has 0 amide bonds. The van der Waals surface area contributed by atoms with E-state index in [1.54, 1.807) is 12.1 Å². The van der Waals surface area contributed by atoms with Crippen LogP contribution in [0.15, 0.2) is 58.8 Å². The number of unbranched alkanes of at least 4 members (excludes halogenated alkanes) is 7. The monoisotopic (exact) mass is 427 g/mol. The summed E-state index contributed by atoms with van der Waals surface area (Å²) in [5.41, 5.74) is 1.24. The highest BCUT2D eigenvalue weighted by Gasteiger charge is 2.03. The van der Waals surface area contributed by atoms with Gasteiger partial charge in [0.05, 0.1) is 22.9 Å². The zero-order chi connectivity index (χ0) is 22.3. The Morgan fingerprint density at radius 2 is 1.29 bits per heavy atom. The molecule has 0 aromatic heterocycles. The van der Waals surface area contributed by atoms with Gasteiger partial charge in [-0.2, -0.15) is 10.2 Å². The molecule has 0 radical (unpaired) electrons.